The van der Waals surface area contributed by atoms with Crippen LogP contribution in [0.3, 0.4) is 0 Å². The highest BCUT2D eigenvalue weighted by Crippen LogP contribution is 2.23. The molecule has 0 aromatic heterocycles. The molecule has 3 N–H and O–H groups in total. The number of hydrogen-bond acceptors (Lipinski definition) is 2. The third-order valence-corrected chi connectivity index (χ3v) is 3.58. The van der Waals surface area contributed by atoms with Gasteiger partial charge in [0.1, 0.15) is 0 Å². The highest BCUT2D eigenvalue weighted by atomic mass is 16.1. The Morgan fingerprint density at radius 2 is 1.48 bits per heavy atom. The zero-order valence-electron chi connectivity index (χ0n) is 12.3. The summed E-state index contributed by atoms with van der Waals surface area (Å²) in [7, 11) is 0. The number of nitrogens with two attached hydrogens (primary N) is 1. The van der Waals surface area contributed by atoms with Crippen LogP contribution in [-0.4, -0.2) is 18.5 Å². The Hall–Kier alpha value is -2.13. The minimum Gasteiger partial charge on any atom is -0.370 e. The van der Waals surface area contributed by atoms with Crippen molar-refractivity contribution in [3.8, 4) is 0 Å². The van der Waals surface area contributed by atoms with Gasteiger partial charge in [-0.2, -0.15) is 0 Å². The summed E-state index contributed by atoms with van der Waals surface area (Å²) in [4.78, 5) is 11.0. The van der Waals surface area contributed by atoms with E-state index < -0.39 is 0 Å². The molecule has 0 spiro atoms. The third kappa shape index (κ3) is 4.72. The minimum absolute atomic E-state index is 0.0809. The Labute approximate surface area is 126 Å². The average Bonchev–Trinajstić information content (AvgIpc) is 2.49. The molecule has 2 aromatic carbocycles. The van der Waals surface area contributed by atoms with Crippen LogP contribution in [-0.2, 0) is 4.79 Å². The van der Waals surface area contributed by atoms with E-state index in [1.54, 1.807) is 0 Å². The smallest absolute Gasteiger partial charge is 0.218 e. The summed E-state index contributed by atoms with van der Waals surface area (Å²) in [6.07, 6.45) is 0.357. The normalized spacial score (nSPS) is 12.3. The molecule has 2 rings (SSSR count). The second kappa shape index (κ2) is 7.60. The molecule has 0 fully saturated rings. The third-order valence-electron chi connectivity index (χ3n) is 3.58. The van der Waals surface area contributed by atoms with E-state index in [4.69, 9.17) is 5.73 Å². The molecule has 0 saturated heterocycles. The number of carbonyl (C=O) groups excluding carboxylic acids is 1. The molecule has 2 aromatic rings. The van der Waals surface area contributed by atoms with E-state index in [-0.39, 0.29) is 17.9 Å². The van der Waals surface area contributed by atoms with Crippen molar-refractivity contribution < 1.29 is 4.79 Å². The monoisotopic (exact) mass is 282 g/mol. The first kappa shape index (κ1) is 15.3. The fourth-order valence-electron chi connectivity index (χ4n) is 2.49. The van der Waals surface area contributed by atoms with E-state index >= 15 is 0 Å². The highest BCUT2D eigenvalue weighted by Gasteiger charge is 2.15. The fourth-order valence-corrected chi connectivity index (χ4v) is 2.49. The Morgan fingerprint density at radius 1 is 1.00 bits per heavy atom. The lowest BCUT2D eigenvalue weighted by Crippen LogP contribution is -2.34. The van der Waals surface area contributed by atoms with Gasteiger partial charge in [0, 0.05) is 24.9 Å². The number of amides is 1. The lowest BCUT2D eigenvalue weighted by atomic mass is 9.91. The van der Waals surface area contributed by atoms with Gasteiger partial charge in [-0.15, -0.1) is 0 Å². The fraction of sp³-hybridized carbons (Fsp3) is 0.278. The van der Waals surface area contributed by atoms with Gasteiger partial charge in [0.25, 0.3) is 0 Å². The van der Waals surface area contributed by atoms with Crippen molar-refractivity contribution in [2.45, 2.75) is 25.3 Å². The summed E-state index contributed by atoms with van der Waals surface area (Å²) in [5.74, 6) is -0.00583. The topological polar surface area (TPSA) is 55.1 Å². The van der Waals surface area contributed by atoms with Gasteiger partial charge in [0.05, 0.1) is 0 Å². The van der Waals surface area contributed by atoms with E-state index in [1.807, 2.05) is 19.1 Å². The van der Waals surface area contributed by atoms with Crippen LogP contribution in [0, 0.1) is 0 Å². The molecule has 3 nitrogen and oxygen atoms in total. The summed E-state index contributed by atoms with van der Waals surface area (Å²) < 4.78 is 0. The Balaban J connectivity index is 2.12. The molecule has 0 heterocycles. The second-order valence-corrected chi connectivity index (χ2v) is 5.35. The van der Waals surface area contributed by atoms with Crippen molar-refractivity contribution in [2.24, 2.45) is 5.73 Å². The molecular weight excluding hydrogens is 260 g/mol. The molecule has 1 unspecified atom stereocenters. The average molecular weight is 282 g/mol. The second-order valence-electron chi connectivity index (χ2n) is 5.35. The molecule has 0 aliphatic carbocycles. The van der Waals surface area contributed by atoms with Gasteiger partial charge in [-0.05, 0) is 18.1 Å². The quantitative estimate of drug-likeness (QED) is 0.820. The van der Waals surface area contributed by atoms with Crippen molar-refractivity contribution in [3.05, 3.63) is 71.8 Å². The molecule has 0 aliphatic rings. The molecule has 0 radical (unpaired) electrons. The van der Waals surface area contributed by atoms with Gasteiger partial charge in [-0.3, -0.25) is 4.79 Å². The Kier molecular flexibility index (Phi) is 5.52. The maximum Gasteiger partial charge on any atom is 0.218 e. The summed E-state index contributed by atoms with van der Waals surface area (Å²) in [6, 6.07) is 20.9. The molecule has 0 saturated carbocycles. The summed E-state index contributed by atoms with van der Waals surface area (Å²) in [5.41, 5.74) is 7.78. The standard InChI is InChI=1S/C18H22N2O/c1-14(12-18(19)21)20-13-17(15-8-4-2-5-9-15)16-10-6-3-7-11-16/h2-11,14,17,20H,12-13H2,1H3,(H2,19,21). The lowest BCUT2D eigenvalue weighted by molar-refractivity contribution is -0.118. The van der Waals surface area contributed by atoms with Gasteiger partial charge in [-0.1, -0.05) is 60.7 Å². The van der Waals surface area contributed by atoms with Crippen LogP contribution >= 0.6 is 0 Å². The van der Waals surface area contributed by atoms with Crippen LogP contribution < -0.4 is 11.1 Å². The highest BCUT2D eigenvalue weighted by molar-refractivity contribution is 5.74. The van der Waals surface area contributed by atoms with E-state index in [0.717, 1.165) is 6.54 Å². The zero-order chi connectivity index (χ0) is 15.1. The number of carbonyl (C=O) groups is 1. The van der Waals surface area contributed by atoms with E-state index in [9.17, 15) is 4.79 Å². The maximum atomic E-state index is 11.0. The molecule has 3 heteroatoms. The van der Waals surface area contributed by atoms with Crippen LogP contribution in [0.15, 0.2) is 60.7 Å². The predicted molar refractivity (Wildman–Crippen MR) is 86.0 cm³/mol. The van der Waals surface area contributed by atoms with Crippen molar-refractivity contribution in [3.63, 3.8) is 0 Å². The van der Waals surface area contributed by atoms with E-state index in [0.29, 0.717) is 6.42 Å². The molecule has 110 valence electrons. The summed E-state index contributed by atoms with van der Waals surface area (Å²) in [5, 5.41) is 3.41. The van der Waals surface area contributed by atoms with Crippen LogP contribution in [0.1, 0.15) is 30.4 Å². The molecular formula is C18H22N2O. The number of primary amides is 1. The van der Waals surface area contributed by atoms with Crippen molar-refractivity contribution in [1.29, 1.82) is 0 Å². The van der Waals surface area contributed by atoms with Gasteiger partial charge in [-0.25, -0.2) is 0 Å². The number of nitrogens with one attached hydrogen (secondary N) is 1. The van der Waals surface area contributed by atoms with Crippen LogP contribution in [0.2, 0.25) is 0 Å². The molecule has 21 heavy (non-hydrogen) atoms. The van der Waals surface area contributed by atoms with Gasteiger partial charge in [0.2, 0.25) is 5.91 Å². The maximum absolute atomic E-state index is 11.0. The van der Waals surface area contributed by atoms with Crippen LogP contribution in [0.4, 0.5) is 0 Å². The van der Waals surface area contributed by atoms with Crippen molar-refractivity contribution >= 4 is 5.91 Å². The number of hydrogen-bond donors (Lipinski definition) is 2. The largest absolute Gasteiger partial charge is 0.370 e. The first-order valence-corrected chi connectivity index (χ1v) is 7.28. The molecule has 1 atom stereocenters. The van der Waals surface area contributed by atoms with E-state index in [1.165, 1.54) is 11.1 Å². The zero-order valence-corrected chi connectivity index (χ0v) is 12.3. The van der Waals surface area contributed by atoms with Gasteiger partial charge in [0.15, 0.2) is 0 Å². The van der Waals surface area contributed by atoms with Gasteiger partial charge >= 0.3 is 0 Å². The van der Waals surface area contributed by atoms with Crippen LogP contribution in [0.25, 0.3) is 0 Å². The van der Waals surface area contributed by atoms with Crippen molar-refractivity contribution in [1.82, 2.24) is 5.32 Å². The number of rotatable bonds is 7. The lowest BCUT2D eigenvalue weighted by Gasteiger charge is -2.21. The van der Waals surface area contributed by atoms with Crippen molar-refractivity contribution in [2.75, 3.05) is 6.54 Å². The molecule has 1 amide bonds. The SMILES string of the molecule is CC(CC(N)=O)NCC(c1ccccc1)c1ccccc1. The van der Waals surface area contributed by atoms with Gasteiger partial charge < -0.3 is 11.1 Å². The summed E-state index contributed by atoms with van der Waals surface area (Å²) >= 11 is 0. The number of benzene rings is 2. The first-order chi connectivity index (χ1) is 10.2. The summed E-state index contributed by atoms with van der Waals surface area (Å²) in [6.45, 7) is 2.76. The van der Waals surface area contributed by atoms with E-state index in [2.05, 4.69) is 53.8 Å². The molecule has 0 bridgehead atoms. The van der Waals surface area contributed by atoms with Crippen LogP contribution in [0.5, 0.6) is 0 Å². The first-order valence-electron chi connectivity index (χ1n) is 7.28. The predicted octanol–water partition coefficient (Wildman–Crippen LogP) is 2.67. The molecule has 0 aliphatic heterocycles. The Bertz CT molecular complexity index is 514. The Morgan fingerprint density at radius 3 is 1.90 bits per heavy atom. The minimum atomic E-state index is -0.272.